The minimum absolute atomic E-state index is 0.0471. The Hall–Kier alpha value is -2.54. The SMILES string of the molecule is O=C(Cn1nnc2sc3c(c2c1=O)CCCC3)N1CCc2ccccc2C1. The molecule has 0 fully saturated rings. The number of fused-ring (bicyclic) bond motifs is 4. The van der Waals surface area contributed by atoms with Gasteiger partial charge < -0.3 is 4.90 Å². The minimum Gasteiger partial charge on any atom is -0.336 e. The molecule has 1 aromatic carbocycles. The molecular weight excluding hydrogens is 360 g/mol. The van der Waals surface area contributed by atoms with Crippen molar-refractivity contribution in [1.82, 2.24) is 19.9 Å². The molecule has 0 radical (unpaired) electrons. The van der Waals surface area contributed by atoms with E-state index >= 15 is 0 Å². The Morgan fingerprint density at radius 2 is 1.93 bits per heavy atom. The fourth-order valence-corrected chi connectivity index (χ4v) is 5.34. The lowest BCUT2D eigenvalue weighted by molar-refractivity contribution is -0.133. The van der Waals surface area contributed by atoms with Gasteiger partial charge in [0.2, 0.25) is 5.91 Å². The molecule has 27 heavy (non-hydrogen) atoms. The topological polar surface area (TPSA) is 68.1 Å². The highest BCUT2D eigenvalue weighted by Crippen LogP contribution is 2.33. The summed E-state index contributed by atoms with van der Waals surface area (Å²) in [7, 11) is 0. The predicted molar refractivity (Wildman–Crippen MR) is 104 cm³/mol. The Bertz CT molecular complexity index is 1100. The van der Waals surface area contributed by atoms with Gasteiger partial charge in [-0.15, -0.1) is 16.4 Å². The summed E-state index contributed by atoms with van der Waals surface area (Å²) in [4.78, 5) is 29.6. The van der Waals surface area contributed by atoms with E-state index in [-0.39, 0.29) is 18.0 Å². The van der Waals surface area contributed by atoms with E-state index < -0.39 is 0 Å². The van der Waals surface area contributed by atoms with Crippen LogP contribution < -0.4 is 5.56 Å². The summed E-state index contributed by atoms with van der Waals surface area (Å²) in [5.41, 5.74) is 3.43. The zero-order valence-electron chi connectivity index (χ0n) is 15.0. The van der Waals surface area contributed by atoms with Crippen molar-refractivity contribution in [3.8, 4) is 0 Å². The Morgan fingerprint density at radius 1 is 1.11 bits per heavy atom. The number of benzene rings is 1. The van der Waals surface area contributed by atoms with Crippen molar-refractivity contribution in [1.29, 1.82) is 0 Å². The van der Waals surface area contributed by atoms with Crippen LogP contribution in [0.2, 0.25) is 0 Å². The molecule has 138 valence electrons. The van der Waals surface area contributed by atoms with Gasteiger partial charge in [0.1, 0.15) is 6.54 Å². The largest absolute Gasteiger partial charge is 0.336 e. The average molecular weight is 380 g/mol. The van der Waals surface area contributed by atoms with E-state index in [1.807, 2.05) is 17.0 Å². The van der Waals surface area contributed by atoms with Gasteiger partial charge >= 0.3 is 0 Å². The maximum absolute atomic E-state index is 13.0. The third kappa shape index (κ3) is 2.86. The second-order valence-corrected chi connectivity index (χ2v) is 8.36. The number of nitrogens with zero attached hydrogens (tertiary/aromatic N) is 4. The van der Waals surface area contributed by atoms with Gasteiger partial charge in [0, 0.05) is 18.0 Å². The number of hydrogen-bond donors (Lipinski definition) is 0. The number of rotatable bonds is 2. The Kier molecular flexibility index (Phi) is 4.04. The van der Waals surface area contributed by atoms with Gasteiger partial charge in [-0.05, 0) is 48.8 Å². The summed E-state index contributed by atoms with van der Waals surface area (Å²) in [6.07, 6.45) is 5.05. The van der Waals surface area contributed by atoms with Crippen LogP contribution in [0.25, 0.3) is 10.2 Å². The van der Waals surface area contributed by atoms with Crippen molar-refractivity contribution < 1.29 is 4.79 Å². The number of aryl methyl sites for hydroxylation is 2. The predicted octanol–water partition coefficient (Wildman–Crippen LogP) is 2.32. The first-order valence-electron chi connectivity index (χ1n) is 9.43. The highest BCUT2D eigenvalue weighted by molar-refractivity contribution is 7.18. The van der Waals surface area contributed by atoms with E-state index in [4.69, 9.17) is 0 Å². The molecule has 1 aliphatic heterocycles. The molecule has 0 saturated heterocycles. The number of carbonyl (C=O) groups excluding carboxylic acids is 1. The van der Waals surface area contributed by atoms with E-state index in [1.165, 1.54) is 20.7 Å². The van der Waals surface area contributed by atoms with Crippen LogP contribution in [0.3, 0.4) is 0 Å². The molecule has 0 N–H and O–H groups in total. The van der Waals surface area contributed by atoms with Crippen molar-refractivity contribution in [2.24, 2.45) is 0 Å². The first-order valence-corrected chi connectivity index (χ1v) is 10.2. The number of aromatic nitrogens is 3. The lowest BCUT2D eigenvalue weighted by Gasteiger charge is -2.28. The molecule has 0 unspecified atom stereocenters. The summed E-state index contributed by atoms with van der Waals surface area (Å²) in [5.74, 6) is -0.0793. The molecule has 1 aliphatic carbocycles. The van der Waals surface area contributed by atoms with Crippen LogP contribution in [0.15, 0.2) is 29.1 Å². The first-order chi connectivity index (χ1) is 13.2. The van der Waals surface area contributed by atoms with Crippen molar-refractivity contribution in [2.75, 3.05) is 6.54 Å². The summed E-state index contributed by atoms with van der Waals surface area (Å²) in [6, 6.07) is 8.20. The van der Waals surface area contributed by atoms with E-state index in [0.717, 1.165) is 37.7 Å². The monoisotopic (exact) mass is 380 g/mol. The summed E-state index contributed by atoms with van der Waals surface area (Å²) in [6.45, 7) is 1.22. The van der Waals surface area contributed by atoms with Gasteiger partial charge in [-0.1, -0.05) is 29.5 Å². The number of thiophene rings is 1. The average Bonchev–Trinajstić information content (AvgIpc) is 3.09. The van der Waals surface area contributed by atoms with Crippen molar-refractivity contribution in [3.63, 3.8) is 0 Å². The van der Waals surface area contributed by atoms with Gasteiger partial charge in [0.25, 0.3) is 5.56 Å². The summed E-state index contributed by atoms with van der Waals surface area (Å²) >= 11 is 1.58. The molecule has 0 saturated carbocycles. The highest BCUT2D eigenvalue weighted by atomic mass is 32.1. The first kappa shape index (κ1) is 16.6. The summed E-state index contributed by atoms with van der Waals surface area (Å²) in [5, 5.41) is 8.97. The number of carbonyl (C=O) groups is 1. The van der Waals surface area contributed by atoms with E-state index in [0.29, 0.717) is 23.3 Å². The molecular formula is C20H20N4O2S. The van der Waals surface area contributed by atoms with Gasteiger partial charge in [-0.2, -0.15) is 0 Å². The molecule has 0 spiro atoms. The van der Waals surface area contributed by atoms with Crippen LogP contribution in [0, 0.1) is 0 Å². The Morgan fingerprint density at radius 3 is 2.81 bits per heavy atom. The van der Waals surface area contributed by atoms with Gasteiger partial charge in [0.05, 0.1) is 5.39 Å². The molecule has 5 rings (SSSR count). The minimum atomic E-state index is -0.176. The molecule has 1 amide bonds. The van der Waals surface area contributed by atoms with Crippen molar-refractivity contribution in [3.05, 3.63) is 56.2 Å². The lowest BCUT2D eigenvalue weighted by Crippen LogP contribution is -2.40. The standard InChI is InChI=1S/C20H20N4O2S/c25-17(23-10-9-13-5-1-2-6-14(13)11-23)12-24-20(26)18-15-7-3-4-8-16(15)27-19(18)21-22-24/h1-2,5-6H,3-4,7-12H2. The smallest absolute Gasteiger partial charge is 0.279 e. The van der Waals surface area contributed by atoms with Crippen LogP contribution in [0.1, 0.15) is 34.4 Å². The van der Waals surface area contributed by atoms with Crippen molar-refractivity contribution in [2.45, 2.75) is 45.2 Å². The van der Waals surface area contributed by atoms with Crippen LogP contribution in [-0.2, 0) is 37.1 Å². The van der Waals surface area contributed by atoms with Gasteiger partial charge in [0.15, 0.2) is 4.83 Å². The fourth-order valence-electron chi connectivity index (χ4n) is 4.15. The summed E-state index contributed by atoms with van der Waals surface area (Å²) < 4.78 is 1.24. The molecule has 2 aliphatic rings. The number of amides is 1. The van der Waals surface area contributed by atoms with Crippen molar-refractivity contribution >= 4 is 27.5 Å². The normalized spacial score (nSPS) is 16.2. The zero-order valence-corrected chi connectivity index (χ0v) is 15.8. The van der Waals surface area contributed by atoms with Crippen LogP contribution in [0.4, 0.5) is 0 Å². The maximum atomic E-state index is 13.0. The molecule has 0 bridgehead atoms. The molecule has 3 heterocycles. The third-order valence-electron chi connectivity index (χ3n) is 5.61. The lowest BCUT2D eigenvalue weighted by atomic mass is 9.97. The van der Waals surface area contributed by atoms with Crippen LogP contribution >= 0.6 is 11.3 Å². The molecule has 2 aromatic heterocycles. The molecule has 6 nitrogen and oxygen atoms in total. The van der Waals surface area contributed by atoms with E-state index in [9.17, 15) is 9.59 Å². The second-order valence-electron chi connectivity index (χ2n) is 7.28. The van der Waals surface area contributed by atoms with E-state index in [1.54, 1.807) is 11.3 Å². The molecule has 0 atom stereocenters. The zero-order chi connectivity index (χ0) is 18.4. The third-order valence-corrected chi connectivity index (χ3v) is 6.79. The Labute approximate surface area is 160 Å². The highest BCUT2D eigenvalue weighted by Gasteiger charge is 2.24. The fraction of sp³-hybridized carbons (Fsp3) is 0.400. The van der Waals surface area contributed by atoms with Crippen LogP contribution in [-0.4, -0.2) is 32.3 Å². The van der Waals surface area contributed by atoms with Gasteiger partial charge in [-0.25, -0.2) is 4.68 Å². The van der Waals surface area contributed by atoms with Gasteiger partial charge in [-0.3, -0.25) is 9.59 Å². The Balaban J connectivity index is 1.42. The maximum Gasteiger partial charge on any atom is 0.279 e. The van der Waals surface area contributed by atoms with Crippen LogP contribution in [0.5, 0.6) is 0 Å². The second kappa shape index (κ2) is 6.56. The van der Waals surface area contributed by atoms with E-state index in [2.05, 4.69) is 22.4 Å². The molecule has 7 heteroatoms. The quantitative estimate of drug-likeness (QED) is 0.684. The molecule has 3 aromatic rings. The number of hydrogen-bond acceptors (Lipinski definition) is 5.